The van der Waals surface area contributed by atoms with Crippen molar-refractivity contribution >= 4 is 121 Å². The van der Waals surface area contributed by atoms with Crippen molar-refractivity contribution in [2.45, 2.75) is 120 Å². The molecule has 2 fully saturated rings. The summed E-state index contributed by atoms with van der Waals surface area (Å²) in [4.78, 5) is 157. The van der Waals surface area contributed by atoms with Crippen LogP contribution in [0.3, 0.4) is 0 Å². The third-order valence-corrected chi connectivity index (χ3v) is 22.9. The second kappa shape index (κ2) is 30.2. The van der Waals surface area contributed by atoms with Crippen LogP contribution in [0.25, 0.3) is 49.3 Å². The van der Waals surface area contributed by atoms with E-state index in [1.165, 1.54) is 72.4 Å². The first-order valence-corrected chi connectivity index (χ1v) is 37.4. The molecule has 11 unspecified atom stereocenters. The molecular weight excluding hydrogens is 1490 g/mol. The lowest BCUT2D eigenvalue weighted by atomic mass is 9.86. The maximum Gasteiger partial charge on any atom is 0.358 e. The molecule has 35 nitrogen and oxygen atoms in total. The predicted octanol–water partition coefficient (Wildman–Crippen LogP) is 4.03. The number of allylic oxidation sites excluding steroid dienone is 1. The van der Waals surface area contributed by atoms with E-state index in [1.807, 2.05) is 25.8 Å². The number of nitrogens with one attached hydrogen (secondary N) is 5. The number of aliphatic hydroxyl groups is 1. The lowest BCUT2D eigenvalue weighted by Gasteiger charge is -2.45. The molecule has 14 rings (SSSR count). The highest BCUT2D eigenvalue weighted by atomic mass is 32.1. The van der Waals surface area contributed by atoms with E-state index in [-0.39, 0.29) is 131 Å². The third-order valence-electron chi connectivity index (χ3n) is 18.4. The number of ether oxygens (including phenoxy) is 7. The Balaban J connectivity index is 0.898. The molecule has 8 aromatic heterocycles. The van der Waals surface area contributed by atoms with Gasteiger partial charge in [-0.25, -0.2) is 39.5 Å². The van der Waals surface area contributed by atoms with Crippen molar-refractivity contribution in [1.82, 2.24) is 81.0 Å². The number of methoxy groups -OCH3 is 1. The number of aromatic hydroxyl groups is 1. The van der Waals surface area contributed by atoms with Crippen molar-refractivity contribution in [2.24, 2.45) is 5.73 Å². The Bertz CT molecular complexity index is 5040. The Labute approximate surface area is 626 Å². The summed E-state index contributed by atoms with van der Waals surface area (Å²) in [6.07, 6.45) is -2.21. The van der Waals surface area contributed by atoms with E-state index < -0.39 is 139 Å². The molecule has 5 aliphatic rings. The number of fused-ring (bicyclic) bond motifs is 16. The van der Waals surface area contributed by atoms with Crippen molar-refractivity contribution in [3.05, 3.63) is 136 Å². The summed E-state index contributed by atoms with van der Waals surface area (Å²) >= 11 is 4.55. The van der Waals surface area contributed by atoms with Crippen LogP contribution in [-0.4, -0.2) is 213 Å². The first kappa shape index (κ1) is 73.7. The highest BCUT2D eigenvalue weighted by Gasteiger charge is 2.54. The van der Waals surface area contributed by atoms with Gasteiger partial charge in [0.25, 0.3) is 23.6 Å². The van der Waals surface area contributed by atoms with Gasteiger partial charge in [-0.2, -0.15) is 4.73 Å². The summed E-state index contributed by atoms with van der Waals surface area (Å²) in [6.45, 7) is 5.26. The normalized spacial score (nSPS) is 24.0. The van der Waals surface area contributed by atoms with E-state index in [0.29, 0.717) is 16.0 Å². The Morgan fingerprint density at radius 3 is 2.34 bits per heavy atom. The molecule has 13 heterocycles. The second-order valence-corrected chi connectivity index (χ2v) is 30.2. The van der Waals surface area contributed by atoms with E-state index in [0.717, 1.165) is 56.7 Å². The number of likely N-dealkylation sites (N-methyl/N-ethyl adjacent to an activating group) is 2. The molecule has 9 aromatic rings. The van der Waals surface area contributed by atoms with Gasteiger partial charge in [-0.05, 0) is 59.5 Å². The molecule has 11 atom stereocenters. The maximum atomic E-state index is 15.3. The van der Waals surface area contributed by atoms with E-state index >= 15 is 19.2 Å². The Morgan fingerprint density at radius 2 is 1.58 bits per heavy atom. The van der Waals surface area contributed by atoms with Gasteiger partial charge in [-0.1, -0.05) is 12.1 Å². The summed E-state index contributed by atoms with van der Waals surface area (Å²) in [5.74, 6) is -7.90. The zero-order chi connectivity index (χ0) is 75.4. The van der Waals surface area contributed by atoms with E-state index in [1.54, 1.807) is 30.3 Å². The van der Waals surface area contributed by atoms with Gasteiger partial charge in [0.2, 0.25) is 11.8 Å². The molecule has 0 saturated carbocycles. The molecule has 6 amide bonds. The van der Waals surface area contributed by atoms with Crippen LogP contribution in [0.4, 0.5) is 0 Å². The zero-order valence-electron chi connectivity index (χ0n) is 57.7. The first-order valence-electron chi connectivity index (χ1n) is 33.0. The minimum Gasteiger partial charge on any atom is -0.506 e. The lowest BCUT2D eigenvalue weighted by molar-refractivity contribution is -0.268. The number of pyridine rings is 1. The predicted molar refractivity (Wildman–Crippen MR) is 381 cm³/mol. The Morgan fingerprint density at radius 1 is 0.869 bits per heavy atom. The van der Waals surface area contributed by atoms with Crippen molar-refractivity contribution < 1.29 is 86.9 Å². The molecule has 0 spiro atoms. The van der Waals surface area contributed by atoms with E-state index in [9.17, 15) is 34.6 Å². The quantitative estimate of drug-likeness (QED) is 0.0473. The lowest BCUT2D eigenvalue weighted by Crippen LogP contribution is -2.58. The number of benzene rings is 1. The summed E-state index contributed by atoms with van der Waals surface area (Å²) in [5, 5.41) is 56.5. The summed E-state index contributed by atoms with van der Waals surface area (Å²) in [7, 11) is 4.90. The number of primary amides is 1. The van der Waals surface area contributed by atoms with Crippen LogP contribution >= 0.6 is 56.7 Å². The molecule has 12 bridgehead atoms. The maximum absolute atomic E-state index is 15.3. The van der Waals surface area contributed by atoms with E-state index in [4.69, 9.17) is 53.8 Å². The van der Waals surface area contributed by atoms with Crippen LogP contribution in [0.5, 0.6) is 5.75 Å². The molecule has 107 heavy (non-hydrogen) atoms. The zero-order valence-corrected chi connectivity index (χ0v) is 61.7. The Kier molecular flexibility index (Phi) is 20.8. The minimum absolute atomic E-state index is 0.000683. The smallest absolute Gasteiger partial charge is 0.358 e. The van der Waals surface area contributed by atoms with Crippen molar-refractivity contribution in [1.29, 1.82) is 0 Å². The number of carbonyl (C=O) groups is 8. The van der Waals surface area contributed by atoms with Gasteiger partial charge in [-0.15, -0.1) is 56.7 Å². The fourth-order valence-corrected chi connectivity index (χ4v) is 17.5. The molecule has 558 valence electrons. The standard InChI is InChI=1S/C67H67N17O18S5/c1-27(85)45-59(92)80-46(28(2)96-7)62-75-40(25-105-62)58(91)81-49-51-52(102-43-14-67(4)53(29(3)101-43)83(6)26-100-67)66(94)98-18-30-9-8-10-41-44(30)33(19-97-51)50(84(41)95)65(93)99-20-35(72-56(89)38-24-107-64(49)77-38)61-73-36(21-104-61)47-32(60-74-39(22-103-60)57(90)79-45)13-42(86)48(78-47)63-76-37(23-106-63)55(88)71-34(54(68)87)17-82(5)16-31-15-69-11-12-70-31/h8-13,15,21-25,27,29,34-35,43,45,49,51-53,85-86,95H,14,16-20,26H2,1-7H3,(H2,68,87)(H,71,88)(H,72,89)(H,79,90)(H,80,92)(H,81,91)/b46-28+. The van der Waals surface area contributed by atoms with Crippen LogP contribution in [0, 0.1) is 0 Å². The average molecular weight is 1560 g/mol. The minimum atomic E-state index is -1.85. The van der Waals surface area contributed by atoms with E-state index in [2.05, 4.69) is 51.5 Å². The van der Waals surface area contributed by atoms with Crippen molar-refractivity contribution in [3.8, 4) is 38.4 Å². The number of nitrogens with zero attached hydrogens (tertiary/aromatic N) is 11. The Hall–Kier alpha value is -10.2. The van der Waals surface area contributed by atoms with Gasteiger partial charge >= 0.3 is 11.9 Å². The van der Waals surface area contributed by atoms with Gasteiger partial charge in [-0.3, -0.25) is 48.5 Å². The summed E-state index contributed by atoms with van der Waals surface area (Å²) in [6, 6.07) is -0.117. The van der Waals surface area contributed by atoms with Gasteiger partial charge in [0.1, 0.15) is 126 Å². The van der Waals surface area contributed by atoms with Crippen LogP contribution in [-0.2, 0) is 67.3 Å². The fourth-order valence-electron chi connectivity index (χ4n) is 13.3. The molecule has 2 saturated heterocycles. The second-order valence-electron chi connectivity index (χ2n) is 25.9. The SMILES string of the molecule is CO/C(C)=C1/NC(=O)C(C(C)O)NC(=O)c2csc(n2)-c2cc(O)c(-c3nc(C(=O)NC(CN(C)Cc4cnccn4)C(N)=O)cs3)nc2-c2csc(n2)C2COC(=O)c3c4c5c(cccc5n3O)COC(=O)C(OC3CC5(C)OCN(C)C5C(C)O3)C(OC4)C(NC(=O)c3csc1n3)c1nc(cs1)C(=O)N2. The largest absolute Gasteiger partial charge is 0.506 e. The summed E-state index contributed by atoms with van der Waals surface area (Å²) in [5.41, 5.74) is 4.35. The van der Waals surface area contributed by atoms with Crippen LogP contribution in [0.1, 0.15) is 130 Å². The highest BCUT2D eigenvalue weighted by molar-refractivity contribution is 7.14. The third kappa shape index (κ3) is 14.8. The number of aromatic nitrogens is 9. The topological polar surface area (TPSA) is 463 Å². The number of hydrogen-bond donors (Lipinski definition) is 9. The number of thiazole rings is 5. The summed E-state index contributed by atoms with van der Waals surface area (Å²) < 4.78 is 45.1. The monoisotopic (exact) mass is 1560 g/mol. The molecule has 10 N–H and O–H groups in total. The van der Waals surface area contributed by atoms with Crippen LogP contribution in [0.2, 0.25) is 0 Å². The van der Waals surface area contributed by atoms with Crippen molar-refractivity contribution in [3.63, 3.8) is 0 Å². The number of amides is 6. The number of cyclic esters (lactones) is 2. The number of aliphatic hydroxyl groups excluding tert-OH is 1. The fraction of sp³-hybridized carbons (Fsp3) is 0.373. The average Bonchev–Trinajstić information content (AvgIpc) is 1.64. The van der Waals surface area contributed by atoms with Gasteiger partial charge < -0.3 is 80.9 Å². The molecule has 5 aliphatic heterocycles. The van der Waals surface area contributed by atoms with Crippen LogP contribution < -0.4 is 32.3 Å². The molecule has 0 radical (unpaired) electrons. The van der Waals surface area contributed by atoms with Gasteiger partial charge in [0.05, 0.1) is 55.5 Å². The number of carbonyl (C=O) groups excluding carboxylic acids is 8. The number of nitrogens with two attached hydrogens (primary N) is 1. The molecular formula is C67H67N17O18S5. The van der Waals surface area contributed by atoms with Crippen molar-refractivity contribution in [2.75, 3.05) is 41.1 Å². The number of rotatable bonds is 12. The highest BCUT2D eigenvalue weighted by Crippen LogP contribution is 2.44. The van der Waals surface area contributed by atoms with Crippen LogP contribution in [0.15, 0.2) is 75.5 Å². The molecule has 1 aromatic carbocycles. The first-order chi connectivity index (χ1) is 51.3. The number of esters is 2. The van der Waals surface area contributed by atoms with Gasteiger partial charge in [0, 0.05) is 81.5 Å². The molecule has 40 heteroatoms. The molecule has 0 aliphatic carbocycles. The van der Waals surface area contributed by atoms with Gasteiger partial charge in [0.15, 0.2) is 18.1 Å². The number of hydrogen-bond acceptors (Lipinski definition) is 33.